The number of carboxylic acid groups (broad SMARTS) is 1. The smallest absolute Gasteiger partial charge is 0.405 e. The maximum absolute atomic E-state index is 13.7. The zero-order valence-corrected chi connectivity index (χ0v) is 20.7. The molecule has 0 saturated carbocycles. The standard InChI is InChI=1S/C25H37N3O5/c1-8-9-12-33-21-19-13-17(26-16(4)29)10-11-18(19)23(30)28(14-15(2)3)20(21)22(25(5,6)7)27-24(31)32/h10-11,13,15,22,27H,8-9,12,14H2,1-7H3,(H,26,29)(H,31,32). The molecule has 2 amide bonds. The van der Waals surface area contributed by atoms with Crippen LogP contribution in [0.3, 0.4) is 0 Å². The molecular formula is C25H37N3O5. The lowest BCUT2D eigenvalue weighted by molar-refractivity contribution is -0.114. The lowest BCUT2D eigenvalue weighted by Gasteiger charge is -2.34. The Hall–Kier alpha value is -3.03. The normalized spacial score (nSPS) is 12.6. The fraction of sp³-hybridized carbons (Fsp3) is 0.560. The van der Waals surface area contributed by atoms with Crippen molar-refractivity contribution in [2.75, 3.05) is 11.9 Å². The minimum atomic E-state index is -1.18. The van der Waals surface area contributed by atoms with E-state index in [-0.39, 0.29) is 17.4 Å². The van der Waals surface area contributed by atoms with Gasteiger partial charge in [0.1, 0.15) is 5.75 Å². The number of nitrogens with zero attached hydrogens (tertiary/aromatic N) is 1. The number of carbonyl (C=O) groups excluding carboxylic acids is 1. The molecule has 0 radical (unpaired) electrons. The molecule has 2 rings (SSSR count). The number of aromatic nitrogens is 1. The van der Waals surface area contributed by atoms with Crippen LogP contribution in [0.25, 0.3) is 10.8 Å². The van der Waals surface area contributed by atoms with E-state index in [4.69, 9.17) is 4.74 Å². The highest BCUT2D eigenvalue weighted by atomic mass is 16.5. The highest BCUT2D eigenvalue weighted by molar-refractivity contribution is 5.95. The molecule has 0 aliphatic heterocycles. The van der Waals surface area contributed by atoms with Gasteiger partial charge in [0.05, 0.1) is 23.7 Å². The molecule has 0 spiro atoms. The van der Waals surface area contributed by atoms with Crippen LogP contribution in [0.5, 0.6) is 5.75 Å². The number of rotatable bonds is 9. The molecule has 0 aliphatic carbocycles. The lowest BCUT2D eigenvalue weighted by atomic mass is 9.83. The Labute approximate surface area is 195 Å². The fourth-order valence-corrected chi connectivity index (χ4v) is 3.84. The Bertz CT molecular complexity index is 1070. The van der Waals surface area contributed by atoms with Gasteiger partial charge in [-0.3, -0.25) is 9.59 Å². The lowest BCUT2D eigenvalue weighted by Crippen LogP contribution is -2.40. The molecular weight excluding hydrogens is 422 g/mol. The molecule has 0 saturated heterocycles. The van der Waals surface area contributed by atoms with Gasteiger partial charge in [0.2, 0.25) is 5.91 Å². The first-order chi connectivity index (χ1) is 15.4. The first-order valence-electron chi connectivity index (χ1n) is 11.5. The molecule has 33 heavy (non-hydrogen) atoms. The van der Waals surface area contributed by atoms with E-state index in [1.165, 1.54) is 6.92 Å². The van der Waals surface area contributed by atoms with Crippen LogP contribution in [-0.2, 0) is 11.3 Å². The van der Waals surface area contributed by atoms with Crippen LogP contribution in [0.15, 0.2) is 23.0 Å². The first kappa shape index (κ1) is 26.2. The number of hydrogen-bond donors (Lipinski definition) is 3. The molecule has 182 valence electrons. The summed E-state index contributed by atoms with van der Waals surface area (Å²) in [7, 11) is 0. The molecule has 1 heterocycles. The van der Waals surface area contributed by atoms with Crippen molar-refractivity contribution in [3.63, 3.8) is 0 Å². The van der Waals surface area contributed by atoms with E-state index in [0.29, 0.717) is 41.1 Å². The third-order valence-electron chi connectivity index (χ3n) is 5.28. The average Bonchev–Trinajstić information content (AvgIpc) is 2.68. The SMILES string of the molecule is CCCCOc1c(C(NC(=O)O)C(C)(C)C)n(CC(C)C)c(=O)c2ccc(NC(C)=O)cc12. The summed E-state index contributed by atoms with van der Waals surface area (Å²) >= 11 is 0. The van der Waals surface area contributed by atoms with Crippen LogP contribution in [0.1, 0.15) is 73.0 Å². The maximum Gasteiger partial charge on any atom is 0.405 e. The Morgan fingerprint density at radius 2 is 1.85 bits per heavy atom. The van der Waals surface area contributed by atoms with E-state index in [1.807, 2.05) is 34.6 Å². The van der Waals surface area contributed by atoms with Crippen LogP contribution in [0.2, 0.25) is 0 Å². The minimum Gasteiger partial charge on any atom is -0.491 e. The number of ether oxygens (including phenoxy) is 1. The van der Waals surface area contributed by atoms with Crippen LogP contribution in [-0.4, -0.2) is 28.3 Å². The van der Waals surface area contributed by atoms with Gasteiger partial charge in [0.15, 0.2) is 0 Å². The van der Waals surface area contributed by atoms with Crippen molar-refractivity contribution in [2.24, 2.45) is 11.3 Å². The molecule has 1 aromatic heterocycles. The quantitative estimate of drug-likeness (QED) is 0.449. The molecule has 8 nitrogen and oxygen atoms in total. The Kier molecular flexibility index (Phi) is 8.52. The molecule has 1 aromatic carbocycles. The van der Waals surface area contributed by atoms with E-state index < -0.39 is 17.6 Å². The van der Waals surface area contributed by atoms with Gasteiger partial charge in [-0.05, 0) is 36.0 Å². The second-order valence-corrected chi connectivity index (χ2v) is 9.92. The topological polar surface area (TPSA) is 110 Å². The second kappa shape index (κ2) is 10.7. The predicted molar refractivity (Wildman–Crippen MR) is 131 cm³/mol. The van der Waals surface area contributed by atoms with Gasteiger partial charge in [-0.1, -0.05) is 48.0 Å². The van der Waals surface area contributed by atoms with Crippen molar-refractivity contribution >= 4 is 28.5 Å². The van der Waals surface area contributed by atoms with Crippen molar-refractivity contribution in [1.82, 2.24) is 9.88 Å². The third-order valence-corrected chi connectivity index (χ3v) is 5.28. The minimum absolute atomic E-state index is 0.145. The Morgan fingerprint density at radius 1 is 1.18 bits per heavy atom. The van der Waals surface area contributed by atoms with Gasteiger partial charge >= 0.3 is 6.09 Å². The fourth-order valence-electron chi connectivity index (χ4n) is 3.84. The molecule has 1 atom stereocenters. The largest absolute Gasteiger partial charge is 0.491 e. The number of fused-ring (bicyclic) bond motifs is 1. The third kappa shape index (κ3) is 6.49. The number of amides is 2. The van der Waals surface area contributed by atoms with Crippen LogP contribution in [0.4, 0.5) is 10.5 Å². The zero-order valence-electron chi connectivity index (χ0n) is 20.7. The Balaban J connectivity index is 2.99. The van der Waals surface area contributed by atoms with Gasteiger partial charge in [-0.25, -0.2) is 4.79 Å². The van der Waals surface area contributed by atoms with E-state index in [2.05, 4.69) is 17.6 Å². The summed E-state index contributed by atoms with van der Waals surface area (Å²) in [6.07, 6.45) is 0.555. The van der Waals surface area contributed by atoms with Crippen molar-refractivity contribution < 1.29 is 19.4 Å². The molecule has 0 bridgehead atoms. The number of anilines is 1. The average molecular weight is 460 g/mol. The van der Waals surface area contributed by atoms with E-state index >= 15 is 0 Å². The molecule has 0 aliphatic rings. The maximum atomic E-state index is 13.7. The van der Waals surface area contributed by atoms with Crippen LogP contribution in [0, 0.1) is 11.3 Å². The molecule has 2 aromatic rings. The zero-order chi connectivity index (χ0) is 24.9. The summed E-state index contributed by atoms with van der Waals surface area (Å²) in [6.45, 7) is 14.1. The highest BCUT2D eigenvalue weighted by Gasteiger charge is 2.35. The summed E-state index contributed by atoms with van der Waals surface area (Å²) in [6, 6.07) is 4.40. The van der Waals surface area contributed by atoms with Gasteiger partial charge in [-0.15, -0.1) is 0 Å². The van der Waals surface area contributed by atoms with Gasteiger partial charge in [-0.2, -0.15) is 0 Å². The number of benzene rings is 1. The summed E-state index contributed by atoms with van der Waals surface area (Å²) in [5, 5.41) is 16.0. The molecule has 3 N–H and O–H groups in total. The second-order valence-electron chi connectivity index (χ2n) is 9.92. The monoisotopic (exact) mass is 459 g/mol. The Morgan fingerprint density at radius 3 is 2.36 bits per heavy atom. The number of unbranched alkanes of at least 4 members (excludes halogenated alkanes) is 1. The summed E-state index contributed by atoms with van der Waals surface area (Å²) in [5.41, 5.74) is 0.287. The highest BCUT2D eigenvalue weighted by Crippen LogP contribution is 2.41. The van der Waals surface area contributed by atoms with E-state index in [0.717, 1.165) is 12.8 Å². The predicted octanol–water partition coefficient (Wildman–Crippen LogP) is 5.15. The van der Waals surface area contributed by atoms with E-state index in [9.17, 15) is 19.5 Å². The van der Waals surface area contributed by atoms with Gasteiger partial charge < -0.3 is 25.0 Å². The van der Waals surface area contributed by atoms with Crippen LogP contribution >= 0.6 is 0 Å². The number of carbonyl (C=O) groups is 2. The van der Waals surface area contributed by atoms with Gasteiger partial charge in [0.25, 0.3) is 5.56 Å². The van der Waals surface area contributed by atoms with Crippen molar-refractivity contribution in [2.45, 2.75) is 73.9 Å². The molecule has 1 unspecified atom stereocenters. The summed E-state index contributed by atoms with van der Waals surface area (Å²) in [5.74, 6) is 0.391. The summed E-state index contributed by atoms with van der Waals surface area (Å²) in [4.78, 5) is 37.1. The van der Waals surface area contributed by atoms with Crippen molar-refractivity contribution in [3.05, 3.63) is 34.2 Å². The van der Waals surface area contributed by atoms with Crippen LogP contribution < -0.4 is 20.9 Å². The number of nitrogens with one attached hydrogen (secondary N) is 2. The number of hydrogen-bond acceptors (Lipinski definition) is 4. The van der Waals surface area contributed by atoms with Gasteiger partial charge in [0, 0.05) is 24.5 Å². The molecule has 0 fully saturated rings. The molecule has 8 heteroatoms. The number of pyridine rings is 1. The van der Waals surface area contributed by atoms with E-state index in [1.54, 1.807) is 22.8 Å². The van der Waals surface area contributed by atoms with Crippen molar-refractivity contribution in [3.8, 4) is 5.75 Å². The first-order valence-corrected chi connectivity index (χ1v) is 11.5. The van der Waals surface area contributed by atoms with Crippen molar-refractivity contribution in [1.29, 1.82) is 0 Å². The summed E-state index contributed by atoms with van der Waals surface area (Å²) < 4.78 is 7.93.